The van der Waals surface area contributed by atoms with Crippen molar-refractivity contribution < 1.29 is 31.1 Å². The summed E-state index contributed by atoms with van der Waals surface area (Å²) in [6, 6.07) is 0.934. The maximum Gasteiger partial charge on any atom is 0.416 e. The number of anilines is 1. The second-order valence-corrected chi connectivity index (χ2v) is 8.44. The highest BCUT2D eigenvalue weighted by Crippen LogP contribution is 2.38. The van der Waals surface area contributed by atoms with Crippen molar-refractivity contribution in [2.45, 2.75) is 31.2 Å². The van der Waals surface area contributed by atoms with Gasteiger partial charge in [-0.3, -0.25) is 4.79 Å². The number of thiophene rings is 1. The van der Waals surface area contributed by atoms with Crippen LogP contribution in [-0.4, -0.2) is 21.6 Å². The quantitative estimate of drug-likeness (QED) is 0.288. The lowest BCUT2D eigenvalue weighted by atomic mass is 10.1. The number of rotatable bonds is 4. The molecule has 160 valence electrons. The lowest BCUT2D eigenvalue weighted by molar-refractivity contribution is -0.143. The summed E-state index contributed by atoms with van der Waals surface area (Å²) < 4.78 is 77.6. The summed E-state index contributed by atoms with van der Waals surface area (Å²) in [6.07, 6.45) is -8.65. The second-order valence-electron chi connectivity index (χ2n) is 6.27. The molecule has 30 heavy (non-hydrogen) atoms. The number of halogens is 6. The SMILES string of the molecule is Cc1sc2ncnc(SCC(=O)Nc3cc(C(F)(F)F)cc(C(F)(F)F)c3)c2c1C. The van der Waals surface area contributed by atoms with E-state index in [9.17, 15) is 31.1 Å². The molecule has 0 atom stereocenters. The zero-order chi connectivity index (χ0) is 22.3. The zero-order valence-corrected chi connectivity index (χ0v) is 17.0. The number of hydrogen-bond donors (Lipinski definition) is 1. The normalized spacial score (nSPS) is 12.4. The molecule has 2 heterocycles. The van der Waals surface area contributed by atoms with Gasteiger partial charge in [0, 0.05) is 16.0 Å². The fraction of sp³-hybridized carbons (Fsp3) is 0.278. The molecule has 3 aromatic rings. The Kier molecular flexibility index (Phi) is 6.01. The van der Waals surface area contributed by atoms with Crippen molar-refractivity contribution in [3.63, 3.8) is 0 Å². The van der Waals surface area contributed by atoms with Crippen molar-refractivity contribution in [2.75, 3.05) is 11.1 Å². The van der Waals surface area contributed by atoms with Gasteiger partial charge < -0.3 is 5.32 Å². The number of aromatic nitrogens is 2. The fourth-order valence-corrected chi connectivity index (χ4v) is 4.53. The van der Waals surface area contributed by atoms with Gasteiger partial charge in [0.15, 0.2) is 0 Å². The molecule has 2 aromatic heterocycles. The van der Waals surface area contributed by atoms with Gasteiger partial charge in [0.25, 0.3) is 0 Å². The van der Waals surface area contributed by atoms with E-state index in [1.807, 2.05) is 13.8 Å². The third-order valence-electron chi connectivity index (χ3n) is 4.14. The van der Waals surface area contributed by atoms with E-state index in [1.165, 1.54) is 17.7 Å². The number of carbonyl (C=O) groups is 1. The van der Waals surface area contributed by atoms with Crippen LogP contribution in [0.4, 0.5) is 32.0 Å². The maximum absolute atomic E-state index is 12.9. The van der Waals surface area contributed by atoms with Crippen molar-refractivity contribution in [3.8, 4) is 0 Å². The molecule has 0 aliphatic heterocycles. The molecule has 1 N–H and O–H groups in total. The van der Waals surface area contributed by atoms with E-state index in [2.05, 4.69) is 15.3 Å². The first-order valence-electron chi connectivity index (χ1n) is 8.29. The zero-order valence-electron chi connectivity index (χ0n) is 15.4. The molecule has 4 nitrogen and oxygen atoms in total. The number of fused-ring (bicyclic) bond motifs is 1. The van der Waals surface area contributed by atoms with Gasteiger partial charge in [-0.25, -0.2) is 9.97 Å². The first kappa shape index (κ1) is 22.3. The Balaban J connectivity index is 1.80. The van der Waals surface area contributed by atoms with Crippen LogP contribution in [0.15, 0.2) is 29.6 Å². The average Bonchev–Trinajstić information content (AvgIpc) is 2.93. The molecule has 0 aliphatic rings. The minimum absolute atomic E-state index is 0.00368. The molecule has 3 rings (SSSR count). The van der Waals surface area contributed by atoms with Crippen molar-refractivity contribution in [3.05, 3.63) is 46.1 Å². The molecule has 0 radical (unpaired) electrons. The summed E-state index contributed by atoms with van der Waals surface area (Å²) >= 11 is 2.48. The van der Waals surface area contributed by atoms with Gasteiger partial charge in [0.05, 0.1) is 16.9 Å². The van der Waals surface area contributed by atoms with Gasteiger partial charge in [0.1, 0.15) is 16.2 Å². The van der Waals surface area contributed by atoms with Crippen LogP contribution in [-0.2, 0) is 17.1 Å². The van der Waals surface area contributed by atoms with Crippen LogP contribution >= 0.6 is 23.1 Å². The smallest absolute Gasteiger partial charge is 0.325 e. The average molecular weight is 465 g/mol. The minimum atomic E-state index is -4.99. The molecule has 0 saturated carbocycles. The number of alkyl halides is 6. The summed E-state index contributed by atoms with van der Waals surface area (Å²) in [5.41, 5.74) is -2.63. The Morgan fingerprint density at radius 3 is 2.20 bits per heavy atom. The van der Waals surface area contributed by atoms with E-state index in [1.54, 1.807) is 0 Å². The van der Waals surface area contributed by atoms with E-state index in [0.717, 1.165) is 32.4 Å². The summed E-state index contributed by atoms with van der Waals surface area (Å²) in [4.78, 5) is 22.3. The molecular weight excluding hydrogens is 452 g/mol. The number of nitrogens with zero attached hydrogens (tertiary/aromatic N) is 2. The molecule has 0 saturated heterocycles. The number of aryl methyl sites for hydroxylation is 2. The van der Waals surface area contributed by atoms with E-state index < -0.39 is 35.1 Å². The lowest BCUT2D eigenvalue weighted by Gasteiger charge is -2.14. The standard InChI is InChI=1S/C18H13F6N3OS2/c1-8-9(2)30-16-14(8)15(25-7-26-16)29-6-13(28)27-12-4-10(17(19,20)21)3-11(5-12)18(22,23)24/h3-5,7H,6H2,1-2H3,(H,27,28). The van der Waals surface area contributed by atoms with Crippen LogP contribution in [0.1, 0.15) is 21.6 Å². The minimum Gasteiger partial charge on any atom is -0.325 e. The van der Waals surface area contributed by atoms with Gasteiger partial charge in [-0.15, -0.1) is 11.3 Å². The number of benzene rings is 1. The molecule has 0 spiro atoms. The molecule has 12 heteroatoms. The highest BCUT2D eigenvalue weighted by molar-refractivity contribution is 8.00. The topological polar surface area (TPSA) is 54.9 Å². The van der Waals surface area contributed by atoms with Crippen LogP contribution in [0.25, 0.3) is 10.2 Å². The van der Waals surface area contributed by atoms with Crippen LogP contribution < -0.4 is 5.32 Å². The van der Waals surface area contributed by atoms with Gasteiger partial charge in [-0.1, -0.05) is 11.8 Å². The first-order chi connectivity index (χ1) is 13.9. The van der Waals surface area contributed by atoms with Gasteiger partial charge in [0.2, 0.25) is 5.91 Å². The van der Waals surface area contributed by atoms with Crippen LogP contribution in [0.5, 0.6) is 0 Å². The monoisotopic (exact) mass is 465 g/mol. The molecule has 0 aliphatic carbocycles. The van der Waals surface area contributed by atoms with Gasteiger partial charge in [-0.2, -0.15) is 26.3 Å². The van der Waals surface area contributed by atoms with Gasteiger partial charge >= 0.3 is 12.4 Å². The Bertz CT molecular complexity index is 1080. The van der Waals surface area contributed by atoms with E-state index in [0.29, 0.717) is 17.2 Å². The van der Waals surface area contributed by atoms with Crippen molar-refractivity contribution in [2.24, 2.45) is 0 Å². The highest BCUT2D eigenvalue weighted by atomic mass is 32.2. The molecular formula is C18H13F6N3OS2. The molecule has 0 bridgehead atoms. The number of thioether (sulfide) groups is 1. The molecule has 1 amide bonds. The van der Waals surface area contributed by atoms with Crippen molar-refractivity contribution in [1.82, 2.24) is 9.97 Å². The van der Waals surface area contributed by atoms with E-state index >= 15 is 0 Å². The predicted molar refractivity (Wildman–Crippen MR) is 103 cm³/mol. The maximum atomic E-state index is 12.9. The largest absolute Gasteiger partial charge is 0.416 e. The Hall–Kier alpha value is -2.34. The van der Waals surface area contributed by atoms with Crippen molar-refractivity contribution >= 4 is 44.9 Å². The number of amides is 1. The van der Waals surface area contributed by atoms with Gasteiger partial charge in [-0.05, 0) is 37.6 Å². The van der Waals surface area contributed by atoms with E-state index in [4.69, 9.17) is 0 Å². The highest BCUT2D eigenvalue weighted by Gasteiger charge is 2.37. The number of hydrogen-bond acceptors (Lipinski definition) is 5. The first-order valence-corrected chi connectivity index (χ1v) is 10.1. The fourth-order valence-electron chi connectivity index (χ4n) is 2.62. The summed E-state index contributed by atoms with van der Waals surface area (Å²) in [6.45, 7) is 3.79. The Morgan fingerprint density at radius 1 is 1.03 bits per heavy atom. The molecule has 0 unspecified atom stereocenters. The van der Waals surface area contributed by atoms with Crippen LogP contribution in [0.3, 0.4) is 0 Å². The number of carbonyl (C=O) groups excluding carboxylic acids is 1. The summed E-state index contributed by atoms with van der Waals surface area (Å²) in [5.74, 6) is -1.01. The van der Waals surface area contributed by atoms with Crippen LogP contribution in [0.2, 0.25) is 0 Å². The summed E-state index contributed by atoms with van der Waals surface area (Å²) in [5, 5.41) is 3.39. The Morgan fingerprint density at radius 2 is 1.63 bits per heavy atom. The van der Waals surface area contributed by atoms with E-state index in [-0.39, 0.29) is 11.8 Å². The third kappa shape index (κ3) is 4.86. The Labute approximate surface area is 174 Å². The lowest BCUT2D eigenvalue weighted by Crippen LogP contribution is -2.17. The third-order valence-corrected chi connectivity index (χ3v) is 6.25. The van der Waals surface area contributed by atoms with Crippen molar-refractivity contribution in [1.29, 1.82) is 0 Å². The number of nitrogens with one attached hydrogen (secondary N) is 1. The predicted octanol–water partition coefficient (Wildman–Crippen LogP) is 6.08. The molecule has 1 aromatic carbocycles. The van der Waals surface area contributed by atoms with Crippen LogP contribution in [0, 0.1) is 13.8 Å². The summed E-state index contributed by atoms with van der Waals surface area (Å²) in [7, 11) is 0. The second kappa shape index (κ2) is 8.06. The molecule has 0 fully saturated rings.